The van der Waals surface area contributed by atoms with Crippen molar-refractivity contribution in [3.05, 3.63) is 70.5 Å². The van der Waals surface area contributed by atoms with Crippen molar-refractivity contribution in [3.8, 4) is 0 Å². The van der Waals surface area contributed by atoms with Gasteiger partial charge in [0, 0.05) is 18.2 Å². The molecule has 4 rings (SSSR count). The smallest absolute Gasteiger partial charge is 0.349 e. The number of likely N-dealkylation sites (tertiary alicyclic amines) is 1. The van der Waals surface area contributed by atoms with Crippen LogP contribution in [-0.4, -0.2) is 25.5 Å². The van der Waals surface area contributed by atoms with Crippen LogP contribution in [0.2, 0.25) is 0 Å². The van der Waals surface area contributed by atoms with Gasteiger partial charge in [-0.3, -0.25) is 4.79 Å². The van der Waals surface area contributed by atoms with Crippen molar-refractivity contribution in [3.63, 3.8) is 0 Å². The average molecular weight is 353 g/mol. The van der Waals surface area contributed by atoms with Crippen molar-refractivity contribution in [2.24, 2.45) is 0 Å². The van der Waals surface area contributed by atoms with E-state index in [1.54, 1.807) is 24.5 Å². The van der Waals surface area contributed by atoms with Crippen LogP contribution in [0.4, 0.5) is 0 Å². The monoisotopic (exact) mass is 353 g/mol. The van der Waals surface area contributed by atoms with Gasteiger partial charge < -0.3 is 19.1 Å². The second kappa shape index (κ2) is 7.17. The molecule has 6 nitrogen and oxygen atoms in total. The van der Waals surface area contributed by atoms with Crippen LogP contribution in [0.15, 0.2) is 62.4 Å². The third kappa shape index (κ3) is 3.28. The van der Waals surface area contributed by atoms with E-state index in [1.165, 1.54) is 17.7 Å². The molecule has 134 valence electrons. The summed E-state index contributed by atoms with van der Waals surface area (Å²) in [5.41, 5.74) is -0.119. The second-order valence-electron chi connectivity index (χ2n) is 6.63. The second-order valence-corrected chi connectivity index (χ2v) is 6.63. The highest BCUT2D eigenvalue weighted by Gasteiger charge is 2.30. The number of benzene rings is 1. The summed E-state index contributed by atoms with van der Waals surface area (Å²) in [5, 5.41) is 3.62. The molecule has 0 unspecified atom stereocenters. The normalized spacial score (nSPS) is 16.0. The summed E-state index contributed by atoms with van der Waals surface area (Å²) in [6, 6.07) is 12.6. The number of carbonyl (C=O) groups excluding carboxylic acids is 1. The van der Waals surface area contributed by atoms with Crippen LogP contribution in [0.5, 0.6) is 0 Å². The van der Waals surface area contributed by atoms with Gasteiger partial charge in [0.1, 0.15) is 11.1 Å². The van der Waals surface area contributed by atoms with Crippen molar-refractivity contribution in [1.29, 1.82) is 0 Å². The van der Waals surface area contributed by atoms with Gasteiger partial charge in [-0.15, -0.1) is 0 Å². The first-order chi connectivity index (χ1) is 12.7. The van der Waals surface area contributed by atoms with E-state index < -0.39 is 11.5 Å². The molecule has 6 heteroatoms. The molecule has 0 spiro atoms. The van der Waals surface area contributed by atoms with Gasteiger partial charge in [-0.05, 0) is 24.3 Å². The lowest BCUT2D eigenvalue weighted by molar-refractivity contribution is -0.919. The van der Waals surface area contributed by atoms with E-state index in [0.29, 0.717) is 12.1 Å². The summed E-state index contributed by atoms with van der Waals surface area (Å²) in [5.74, 6) is 0.437. The summed E-state index contributed by atoms with van der Waals surface area (Å²) < 4.78 is 10.8. The number of hydrogen-bond donors (Lipinski definition) is 2. The van der Waals surface area contributed by atoms with Gasteiger partial charge in [-0.25, -0.2) is 4.79 Å². The predicted octanol–water partition coefficient (Wildman–Crippen LogP) is 1.54. The maximum absolute atomic E-state index is 12.6. The van der Waals surface area contributed by atoms with Crippen molar-refractivity contribution in [2.45, 2.75) is 18.9 Å². The number of hydrogen-bond acceptors (Lipinski definition) is 4. The molecule has 1 fully saturated rings. The third-order valence-electron chi connectivity index (χ3n) is 4.98. The van der Waals surface area contributed by atoms with Gasteiger partial charge in [0.05, 0.1) is 25.9 Å². The Bertz CT molecular complexity index is 955. The molecule has 2 N–H and O–H groups in total. The van der Waals surface area contributed by atoms with Gasteiger partial charge in [-0.1, -0.05) is 18.2 Å². The first-order valence-electron chi connectivity index (χ1n) is 8.91. The van der Waals surface area contributed by atoms with E-state index in [0.717, 1.165) is 24.2 Å². The molecule has 1 aromatic carbocycles. The highest BCUT2D eigenvalue weighted by atomic mass is 16.4. The van der Waals surface area contributed by atoms with E-state index in [2.05, 4.69) is 5.32 Å². The maximum Gasteiger partial charge on any atom is 0.349 e. The van der Waals surface area contributed by atoms with Crippen molar-refractivity contribution < 1.29 is 18.5 Å². The number of amides is 1. The van der Waals surface area contributed by atoms with Crippen molar-refractivity contribution >= 4 is 16.9 Å². The van der Waals surface area contributed by atoms with E-state index in [-0.39, 0.29) is 11.6 Å². The molecule has 1 aliphatic rings. The van der Waals surface area contributed by atoms with Crippen molar-refractivity contribution in [1.82, 2.24) is 5.32 Å². The standard InChI is InChI=1S/C20H20N2O4/c23-19(15-12-14-6-1-2-7-17(14)26-20(15)24)21-13-16(18-8-5-11-25-18)22-9-3-4-10-22/h1-2,5-8,11-12,16H,3-4,9-10,13H2,(H,21,23)/p+1/t16-/m0/s1. The van der Waals surface area contributed by atoms with Crippen LogP contribution in [-0.2, 0) is 0 Å². The van der Waals surface area contributed by atoms with E-state index >= 15 is 0 Å². The van der Waals surface area contributed by atoms with Gasteiger partial charge in [0.25, 0.3) is 5.91 Å². The Morgan fingerprint density at radius 2 is 1.96 bits per heavy atom. The first-order valence-corrected chi connectivity index (χ1v) is 8.91. The lowest BCUT2D eigenvalue weighted by atomic mass is 10.1. The van der Waals surface area contributed by atoms with Crippen LogP contribution >= 0.6 is 0 Å². The van der Waals surface area contributed by atoms with E-state index in [1.807, 2.05) is 24.3 Å². The zero-order valence-electron chi connectivity index (χ0n) is 14.4. The molecule has 0 bridgehead atoms. The maximum atomic E-state index is 12.6. The molecular formula is C20H21N2O4+. The largest absolute Gasteiger partial charge is 0.463 e. The van der Waals surface area contributed by atoms with Gasteiger partial charge in [0.2, 0.25) is 0 Å². The van der Waals surface area contributed by atoms with Crippen LogP contribution in [0.1, 0.15) is 35.0 Å². The highest BCUT2D eigenvalue weighted by Crippen LogP contribution is 2.14. The van der Waals surface area contributed by atoms with Crippen LogP contribution in [0, 0.1) is 0 Å². The molecule has 1 saturated heterocycles. The Kier molecular flexibility index (Phi) is 4.58. The molecule has 3 aromatic rings. The fourth-order valence-corrected chi connectivity index (χ4v) is 3.62. The summed E-state index contributed by atoms with van der Waals surface area (Å²) in [6.45, 7) is 2.52. The summed E-state index contributed by atoms with van der Waals surface area (Å²) in [6.07, 6.45) is 4.00. The Morgan fingerprint density at radius 1 is 1.15 bits per heavy atom. The molecule has 0 radical (unpaired) electrons. The number of quaternary nitrogens is 1. The first kappa shape index (κ1) is 16.6. The molecule has 3 heterocycles. The number of fused-ring (bicyclic) bond motifs is 1. The highest BCUT2D eigenvalue weighted by molar-refractivity contribution is 5.96. The zero-order chi connectivity index (χ0) is 17.9. The lowest BCUT2D eigenvalue weighted by Gasteiger charge is -2.23. The Morgan fingerprint density at radius 3 is 2.73 bits per heavy atom. The molecule has 0 saturated carbocycles. The zero-order valence-corrected chi connectivity index (χ0v) is 14.4. The van der Waals surface area contributed by atoms with E-state index in [4.69, 9.17) is 8.83 Å². The van der Waals surface area contributed by atoms with E-state index in [9.17, 15) is 9.59 Å². The third-order valence-corrected chi connectivity index (χ3v) is 4.98. The topological polar surface area (TPSA) is 76.9 Å². The van der Waals surface area contributed by atoms with Gasteiger partial charge in [-0.2, -0.15) is 0 Å². The summed E-state index contributed by atoms with van der Waals surface area (Å²) in [7, 11) is 0. The fourth-order valence-electron chi connectivity index (χ4n) is 3.62. The molecular weight excluding hydrogens is 332 g/mol. The minimum absolute atomic E-state index is 0.0262. The molecule has 26 heavy (non-hydrogen) atoms. The van der Waals surface area contributed by atoms with Gasteiger partial charge in [0.15, 0.2) is 11.8 Å². The molecule has 1 atom stereocenters. The van der Waals surface area contributed by atoms with Crippen LogP contribution < -0.4 is 15.8 Å². The Balaban J connectivity index is 1.53. The lowest BCUT2D eigenvalue weighted by Crippen LogP contribution is -3.11. The number of rotatable bonds is 5. The summed E-state index contributed by atoms with van der Waals surface area (Å²) >= 11 is 0. The number of furan rings is 1. The average Bonchev–Trinajstić information content (AvgIpc) is 3.35. The van der Waals surface area contributed by atoms with Gasteiger partial charge >= 0.3 is 5.63 Å². The summed E-state index contributed by atoms with van der Waals surface area (Å²) in [4.78, 5) is 26.1. The predicted molar refractivity (Wildman–Crippen MR) is 96.2 cm³/mol. The fraction of sp³-hybridized carbons (Fsp3) is 0.300. The SMILES string of the molecule is O=C(NC[C@@H](c1ccco1)[NH+]1CCCC1)c1cc2ccccc2oc1=O. The molecule has 1 aliphatic heterocycles. The molecule has 0 aliphatic carbocycles. The minimum Gasteiger partial charge on any atom is -0.463 e. The molecule has 1 amide bonds. The van der Waals surface area contributed by atoms with Crippen molar-refractivity contribution in [2.75, 3.05) is 19.6 Å². The quantitative estimate of drug-likeness (QED) is 0.682. The molecule has 2 aromatic heterocycles. The van der Waals surface area contributed by atoms with Crippen LogP contribution in [0.25, 0.3) is 11.0 Å². The van der Waals surface area contributed by atoms with Crippen LogP contribution in [0.3, 0.4) is 0 Å². The Labute approximate surface area is 150 Å². The number of carbonyl (C=O) groups is 1. The minimum atomic E-state index is -0.621. The number of para-hydroxylation sites is 1. The number of nitrogens with one attached hydrogen (secondary N) is 2. The Hall–Kier alpha value is -2.86.